The molecule has 2 nitrogen and oxygen atoms in total. The third kappa shape index (κ3) is 3.10. The molecule has 1 heterocycles. The van der Waals surface area contributed by atoms with Crippen molar-refractivity contribution in [3.63, 3.8) is 0 Å². The van der Waals surface area contributed by atoms with E-state index in [2.05, 4.69) is 6.58 Å². The molecule has 0 aliphatic carbocycles. The van der Waals surface area contributed by atoms with E-state index in [9.17, 15) is 0 Å². The molecule has 0 saturated heterocycles. The van der Waals surface area contributed by atoms with Crippen LogP contribution >= 0.6 is 0 Å². The summed E-state index contributed by atoms with van der Waals surface area (Å²) in [6, 6.07) is 0. The molecule has 0 amide bonds. The Bertz CT molecular complexity index is 212. The molecule has 1 rings (SSSR count). The van der Waals surface area contributed by atoms with Gasteiger partial charge in [0.05, 0.1) is 0 Å². The van der Waals surface area contributed by atoms with Gasteiger partial charge < -0.3 is 10.6 Å². The highest BCUT2D eigenvalue weighted by Gasteiger charge is 1.97. The molecular formula is C10H16N2. The highest BCUT2D eigenvalue weighted by atomic mass is 15.1. The summed E-state index contributed by atoms with van der Waals surface area (Å²) in [6.07, 6.45) is 10.9. The quantitative estimate of drug-likeness (QED) is 0.644. The van der Waals surface area contributed by atoms with Crippen molar-refractivity contribution in [3.05, 3.63) is 49.1 Å². The first-order chi connectivity index (χ1) is 5.84. The van der Waals surface area contributed by atoms with Crippen LogP contribution in [0.1, 0.15) is 13.8 Å². The molecule has 0 unspecified atom stereocenters. The molecule has 0 atom stereocenters. The summed E-state index contributed by atoms with van der Waals surface area (Å²) >= 11 is 0. The topological polar surface area (TPSA) is 29.3 Å². The minimum Gasteiger partial charge on any atom is -0.403 e. The van der Waals surface area contributed by atoms with E-state index in [-0.39, 0.29) is 0 Å². The van der Waals surface area contributed by atoms with Gasteiger partial charge in [-0.2, -0.15) is 0 Å². The lowest BCUT2D eigenvalue weighted by molar-refractivity contribution is 0.647. The molecule has 0 fully saturated rings. The average Bonchev–Trinajstić information content (AvgIpc) is 2.13. The predicted molar refractivity (Wildman–Crippen MR) is 53.9 cm³/mol. The maximum absolute atomic E-state index is 5.20. The Hall–Kier alpha value is -1.44. The van der Waals surface area contributed by atoms with Crippen molar-refractivity contribution in [1.82, 2.24) is 4.90 Å². The summed E-state index contributed by atoms with van der Waals surface area (Å²) in [5.41, 5.74) is 6.12. The van der Waals surface area contributed by atoms with Crippen LogP contribution in [0.2, 0.25) is 0 Å². The minimum absolute atomic E-state index is 0.921. The second-order valence-electron chi connectivity index (χ2n) is 1.94. The van der Waals surface area contributed by atoms with E-state index in [1.807, 2.05) is 43.2 Å². The lowest BCUT2D eigenvalue weighted by Gasteiger charge is -2.16. The monoisotopic (exact) mass is 164 g/mol. The number of nitrogens with two attached hydrogens (primary N) is 1. The van der Waals surface area contributed by atoms with E-state index in [1.54, 1.807) is 6.20 Å². The van der Waals surface area contributed by atoms with Gasteiger partial charge in [0, 0.05) is 24.3 Å². The Morgan fingerprint density at radius 3 is 2.58 bits per heavy atom. The van der Waals surface area contributed by atoms with Gasteiger partial charge in [-0.3, -0.25) is 0 Å². The van der Waals surface area contributed by atoms with E-state index < -0.39 is 0 Å². The van der Waals surface area contributed by atoms with Crippen molar-refractivity contribution in [2.75, 3.05) is 0 Å². The van der Waals surface area contributed by atoms with E-state index in [4.69, 9.17) is 5.73 Å². The number of rotatable bonds is 1. The van der Waals surface area contributed by atoms with Crippen LogP contribution in [0.4, 0.5) is 0 Å². The molecule has 2 heteroatoms. The number of nitrogens with zero attached hydrogens (tertiary/aromatic N) is 1. The Morgan fingerprint density at radius 1 is 1.42 bits per heavy atom. The average molecular weight is 164 g/mol. The van der Waals surface area contributed by atoms with E-state index in [1.165, 1.54) is 6.20 Å². The van der Waals surface area contributed by atoms with Crippen LogP contribution < -0.4 is 5.73 Å². The molecule has 0 spiro atoms. The van der Waals surface area contributed by atoms with E-state index in [0.717, 1.165) is 5.70 Å². The van der Waals surface area contributed by atoms with E-state index in [0.29, 0.717) is 0 Å². The second kappa shape index (κ2) is 6.28. The van der Waals surface area contributed by atoms with Crippen LogP contribution in [0.3, 0.4) is 0 Å². The van der Waals surface area contributed by atoms with Gasteiger partial charge >= 0.3 is 0 Å². The van der Waals surface area contributed by atoms with E-state index >= 15 is 0 Å². The fourth-order valence-electron chi connectivity index (χ4n) is 0.729. The van der Waals surface area contributed by atoms with Gasteiger partial charge in [-0.1, -0.05) is 26.5 Å². The summed E-state index contributed by atoms with van der Waals surface area (Å²) in [5, 5.41) is 0. The van der Waals surface area contributed by atoms with Crippen molar-refractivity contribution in [1.29, 1.82) is 0 Å². The zero-order valence-corrected chi connectivity index (χ0v) is 7.70. The van der Waals surface area contributed by atoms with Crippen LogP contribution in [0.5, 0.6) is 0 Å². The van der Waals surface area contributed by atoms with Crippen molar-refractivity contribution in [2.45, 2.75) is 13.8 Å². The van der Waals surface area contributed by atoms with Crippen molar-refractivity contribution >= 4 is 0 Å². The first-order valence-corrected chi connectivity index (χ1v) is 4.05. The molecule has 1 aliphatic rings. The number of allylic oxidation sites excluding steroid dienone is 3. The van der Waals surface area contributed by atoms with Gasteiger partial charge in [0.15, 0.2) is 0 Å². The predicted octanol–water partition coefficient (Wildman–Crippen LogP) is 2.34. The van der Waals surface area contributed by atoms with Gasteiger partial charge in [-0.25, -0.2) is 0 Å². The Morgan fingerprint density at radius 2 is 2.08 bits per heavy atom. The molecule has 66 valence electrons. The molecule has 0 aromatic heterocycles. The molecule has 0 bridgehead atoms. The molecule has 12 heavy (non-hydrogen) atoms. The summed E-state index contributed by atoms with van der Waals surface area (Å²) in [4.78, 5) is 1.85. The van der Waals surface area contributed by atoms with Gasteiger partial charge in [0.1, 0.15) is 0 Å². The summed E-state index contributed by atoms with van der Waals surface area (Å²) in [7, 11) is 0. The SMILES string of the molecule is C=C1C=CC=CN1/C=C\N.CC. The molecule has 0 saturated carbocycles. The second-order valence-corrected chi connectivity index (χ2v) is 1.94. The highest BCUT2D eigenvalue weighted by Crippen LogP contribution is 2.09. The van der Waals surface area contributed by atoms with Crippen LogP contribution in [0.25, 0.3) is 0 Å². The first-order valence-electron chi connectivity index (χ1n) is 4.05. The van der Waals surface area contributed by atoms with Gasteiger partial charge in [-0.05, 0) is 12.2 Å². The molecule has 2 N–H and O–H groups in total. The van der Waals surface area contributed by atoms with Crippen LogP contribution in [0.15, 0.2) is 49.1 Å². The van der Waals surface area contributed by atoms with Crippen molar-refractivity contribution in [2.24, 2.45) is 5.73 Å². The fraction of sp³-hybridized carbons (Fsp3) is 0.200. The molecule has 1 aliphatic heterocycles. The maximum atomic E-state index is 5.20. The van der Waals surface area contributed by atoms with Gasteiger partial charge in [0.2, 0.25) is 0 Å². The lowest BCUT2D eigenvalue weighted by atomic mass is 10.3. The molecular weight excluding hydrogens is 148 g/mol. The van der Waals surface area contributed by atoms with Crippen LogP contribution in [-0.2, 0) is 0 Å². The summed E-state index contributed by atoms with van der Waals surface area (Å²) in [6.45, 7) is 7.80. The van der Waals surface area contributed by atoms with Gasteiger partial charge in [-0.15, -0.1) is 0 Å². The summed E-state index contributed by atoms with van der Waals surface area (Å²) < 4.78 is 0. The lowest BCUT2D eigenvalue weighted by Crippen LogP contribution is -2.08. The minimum atomic E-state index is 0.921. The number of hydrogen-bond acceptors (Lipinski definition) is 2. The Balaban J connectivity index is 0.000000561. The van der Waals surface area contributed by atoms with Crippen LogP contribution in [0, 0.1) is 0 Å². The maximum Gasteiger partial charge on any atom is 0.0378 e. The fourth-order valence-corrected chi connectivity index (χ4v) is 0.729. The smallest absolute Gasteiger partial charge is 0.0378 e. The van der Waals surface area contributed by atoms with Crippen molar-refractivity contribution in [3.8, 4) is 0 Å². The van der Waals surface area contributed by atoms with Gasteiger partial charge in [0.25, 0.3) is 0 Å². The normalized spacial score (nSPS) is 14.8. The standard InChI is InChI=1S/C8H10N2.C2H6/c1-8-4-2-3-6-10(8)7-5-9;1-2/h2-7H,1,9H2;1-2H3/b7-5-;. The third-order valence-electron chi connectivity index (χ3n) is 1.22. The molecule has 0 aromatic carbocycles. The molecule has 0 aromatic rings. The number of hydrogen-bond donors (Lipinski definition) is 1. The first kappa shape index (κ1) is 10.6. The summed E-state index contributed by atoms with van der Waals surface area (Å²) in [5.74, 6) is 0. The Kier molecular flexibility index (Phi) is 5.53. The van der Waals surface area contributed by atoms with Crippen LogP contribution in [-0.4, -0.2) is 4.90 Å². The zero-order chi connectivity index (χ0) is 9.40. The zero-order valence-electron chi connectivity index (χ0n) is 7.70. The Labute approximate surface area is 74.4 Å². The highest BCUT2D eigenvalue weighted by molar-refractivity contribution is 5.27. The third-order valence-corrected chi connectivity index (χ3v) is 1.22. The van der Waals surface area contributed by atoms with Crippen molar-refractivity contribution < 1.29 is 0 Å². The largest absolute Gasteiger partial charge is 0.403 e. The molecule has 0 radical (unpaired) electrons.